The Morgan fingerprint density at radius 3 is 2.42 bits per heavy atom. The van der Waals surface area contributed by atoms with Gasteiger partial charge in [0.25, 0.3) is 0 Å². The van der Waals surface area contributed by atoms with Gasteiger partial charge in [-0.3, -0.25) is 0 Å². The van der Waals surface area contributed by atoms with Crippen molar-refractivity contribution in [2.24, 2.45) is 0 Å². The van der Waals surface area contributed by atoms with E-state index in [1.165, 1.54) is 12.1 Å². The number of aromatic nitrogens is 2. The predicted octanol–water partition coefficient (Wildman–Crippen LogP) is 4.66. The molecule has 1 aromatic heterocycles. The highest BCUT2D eigenvalue weighted by Crippen LogP contribution is 2.39. The first-order valence-electron chi connectivity index (χ1n) is 12.1. The first-order valence-corrected chi connectivity index (χ1v) is 12.1. The minimum atomic E-state index is -0.690. The first-order chi connectivity index (χ1) is 17.3. The van der Waals surface area contributed by atoms with Crippen molar-refractivity contribution < 1.29 is 17.9 Å². The molecule has 0 atom stereocenters. The Hall–Kier alpha value is -3.53. The third-order valence-electron chi connectivity index (χ3n) is 6.60. The van der Waals surface area contributed by atoms with Gasteiger partial charge in [0.15, 0.2) is 17.4 Å². The average Bonchev–Trinajstić information content (AvgIpc) is 2.85. The Balaban J connectivity index is 1.41. The second-order valence-corrected chi connectivity index (χ2v) is 9.41. The number of halogens is 3. The molecule has 2 aromatic carbocycles. The zero-order valence-corrected chi connectivity index (χ0v) is 20.6. The second kappa shape index (κ2) is 9.85. The zero-order valence-electron chi connectivity index (χ0n) is 20.6. The smallest absolute Gasteiger partial charge is 0.227 e. The molecule has 0 bridgehead atoms. The fraction of sp³-hybridized carbons (Fsp3) is 0.385. The van der Waals surface area contributed by atoms with Crippen LogP contribution in [-0.2, 0) is 0 Å². The third-order valence-corrected chi connectivity index (χ3v) is 6.60. The minimum absolute atomic E-state index is 0.0574. The number of rotatable bonds is 5. The summed E-state index contributed by atoms with van der Waals surface area (Å²) in [6.07, 6.45) is 1.02. The Morgan fingerprint density at radius 1 is 0.917 bits per heavy atom. The van der Waals surface area contributed by atoms with Gasteiger partial charge in [-0.1, -0.05) is 0 Å². The quantitative estimate of drug-likeness (QED) is 0.549. The van der Waals surface area contributed by atoms with Crippen molar-refractivity contribution in [3.63, 3.8) is 0 Å². The minimum Gasteiger partial charge on any atom is -0.486 e. The largest absolute Gasteiger partial charge is 0.486 e. The summed E-state index contributed by atoms with van der Waals surface area (Å²) in [5.74, 6) is -1.40. The normalized spacial score (nSPS) is 16.2. The molecule has 3 heterocycles. The number of hydrogen-bond donors (Lipinski definition) is 1. The number of nitrogens with one attached hydrogen (secondary N) is 1. The van der Waals surface area contributed by atoms with E-state index in [0.717, 1.165) is 32.4 Å². The van der Waals surface area contributed by atoms with Gasteiger partial charge in [-0.05, 0) is 51.2 Å². The number of ether oxygens (including phenoxy) is 1. The average molecular weight is 499 g/mol. The molecule has 2 aliphatic rings. The lowest BCUT2D eigenvalue weighted by Crippen LogP contribution is -2.44. The molecule has 1 fully saturated rings. The maximum Gasteiger partial charge on any atom is 0.227 e. The predicted molar refractivity (Wildman–Crippen MR) is 135 cm³/mol. The van der Waals surface area contributed by atoms with Crippen molar-refractivity contribution in [1.29, 1.82) is 0 Å². The van der Waals surface area contributed by atoms with Crippen molar-refractivity contribution in [1.82, 2.24) is 14.9 Å². The van der Waals surface area contributed by atoms with Crippen LogP contribution in [0.15, 0.2) is 36.5 Å². The van der Waals surface area contributed by atoms with E-state index in [1.807, 2.05) is 30.7 Å². The number of likely N-dealkylation sites (N-methyl/N-ethyl adjacent to an activating group) is 1. The van der Waals surface area contributed by atoms with Crippen LogP contribution >= 0.6 is 0 Å². The van der Waals surface area contributed by atoms with Crippen LogP contribution in [-0.4, -0.2) is 67.3 Å². The van der Waals surface area contributed by atoms with Crippen molar-refractivity contribution in [2.75, 3.05) is 61.5 Å². The van der Waals surface area contributed by atoms with E-state index in [2.05, 4.69) is 20.2 Å². The number of fused-ring (bicyclic) bond motifs is 1. The van der Waals surface area contributed by atoms with E-state index in [4.69, 9.17) is 4.74 Å². The lowest BCUT2D eigenvalue weighted by Gasteiger charge is -2.34. The molecule has 0 spiro atoms. The van der Waals surface area contributed by atoms with Gasteiger partial charge >= 0.3 is 0 Å². The molecule has 5 rings (SSSR count). The van der Waals surface area contributed by atoms with Crippen LogP contribution in [0.25, 0.3) is 11.3 Å². The molecule has 36 heavy (non-hydrogen) atoms. The van der Waals surface area contributed by atoms with Gasteiger partial charge in [-0.25, -0.2) is 23.1 Å². The van der Waals surface area contributed by atoms with Gasteiger partial charge in [0.05, 0.1) is 24.1 Å². The van der Waals surface area contributed by atoms with E-state index in [-0.39, 0.29) is 34.8 Å². The van der Waals surface area contributed by atoms with Gasteiger partial charge < -0.3 is 24.8 Å². The molecule has 0 aliphatic carbocycles. The monoisotopic (exact) mass is 498 g/mol. The van der Waals surface area contributed by atoms with Crippen molar-refractivity contribution >= 4 is 23.0 Å². The fourth-order valence-corrected chi connectivity index (χ4v) is 4.62. The Morgan fingerprint density at radius 2 is 1.69 bits per heavy atom. The summed E-state index contributed by atoms with van der Waals surface area (Å²) in [7, 11) is 2.05. The van der Waals surface area contributed by atoms with Gasteiger partial charge in [-0.15, -0.1) is 0 Å². The summed E-state index contributed by atoms with van der Waals surface area (Å²) in [6, 6.07) is 7.82. The standard InChI is InChI=1S/C26H29F3N6O/c1-16(2)35-10-11-36-25-20(28)12-17(13-23(25)35)24-21(29)15-30-26(32-24)31-18-4-5-22(19(27)14-18)34-8-6-33(3)7-9-34/h4-5,12-16H,6-11H2,1-3H3,(H,30,31,32). The first kappa shape index (κ1) is 24.2. The molecule has 3 aromatic rings. The van der Waals surface area contributed by atoms with Crippen LogP contribution in [0, 0.1) is 17.5 Å². The molecule has 7 nitrogen and oxygen atoms in total. The molecule has 0 radical (unpaired) electrons. The number of piperazine rings is 1. The maximum atomic E-state index is 14.9. The number of anilines is 4. The Kier molecular flexibility index (Phi) is 6.61. The molecule has 1 N–H and O–H groups in total. The van der Waals surface area contributed by atoms with E-state index in [9.17, 15) is 13.2 Å². The summed E-state index contributed by atoms with van der Waals surface area (Å²) >= 11 is 0. The van der Waals surface area contributed by atoms with Crippen LogP contribution in [0.5, 0.6) is 5.75 Å². The van der Waals surface area contributed by atoms with Crippen LogP contribution in [0.2, 0.25) is 0 Å². The molecule has 10 heteroatoms. The molecule has 0 saturated carbocycles. The maximum absolute atomic E-state index is 14.9. The van der Waals surface area contributed by atoms with Crippen molar-refractivity contribution in [3.8, 4) is 17.0 Å². The summed E-state index contributed by atoms with van der Waals surface area (Å²) < 4.78 is 50.1. The van der Waals surface area contributed by atoms with Crippen LogP contribution in [0.1, 0.15) is 13.8 Å². The van der Waals surface area contributed by atoms with Gasteiger partial charge in [0, 0.05) is 43.5 Å². The van der Waals surface area contributed by atoms with E-state index in [0.29, 0.717) is 30.2 Å². The Labute approximate surface area is 208 Å². The highest BCUT2D eigenvalue weighted by atomic mass is 19.1. The van der Waals surface area contributed by atoms with Crippen LogP contribution in [0.3, 0.4) is 0 Å². The zero-order chi connectivity index (χ0) is 25.4. The number of benzene rings is 2. The summed E-state index contributed by atoms with van der Waals surface area (Å²) in [5.41, 5.74) is 1.73. The van der Waals surface area contributed by atoms with Crippen molar-refractivity contribution in [3.05, 3.63) is 54.0 Å². The molecule has 0 unspecified atom stereocenters. The Bertz CT molecular complexity index is 1260. The van der Waals surface area contributed by atoms with E-state index in [1.54, 1.807) is 18.2 Å². The van der Waals surface area contributed by atoms with Gasteiger partial charge in [0.2, 0.25) is 5.95 Å². The number of nitrogens with zero attached hydrogens (tertiary/aromatic N) is 5. The van der Waals surface area contributed by atoms with Crippen LogP contribution < -0.4 is 19.9 Å². The van der Waals surface area contributed by atoms with Crippen molar-refractivity contribution in [2.45, 2.75) is 19.9 Å². The summed E-state index contributed by atoms with van der Waals surface area (Å²) in [5, 5.41) is 2.94. The molecular formula is C26H29F3N6O. The molecule has 1 saturated heterocycles. The fourth-order valence-electron chi connectivity index (χ4n) is 4.62. The lowest BCUT2D eigenvalue weighted by molar-refractivity contribution is 0.287. The second-order valence-electron chi connectivity index (χ2n) is 9.41. The van der Waals surface area contributed by atoms with Gasteiger partial charge in [-0.2, -0.15) is 0 Å². The van der Waals surface area contributed by atoms with E-state index < -0.39 is 11.6 Å². The third kappa shape index (κ3) is 4.77. The highest BCUT2D eigenvalue weighted by Gasteiger charge is 2.26. The van der Waals surface area contributed by atoms with Crippen LogP contribution in [0.4, 0.5) is 36.2 Å². The van der Waals surface area contributed by atoms with Gasteiger partial charge in [0.1, 0.15) is 18.1 Å². The van der Waals surface area contributed by atoms with E-state index >= 15 is 0 Å². The molecule has 0 amide bonds. The lowest BCUT2D eigenvalue weighted by atomic mass is 10.1. The SMILES string of the molecule is CC(C)N1CCOc2c(F)cc(-c3nc(Nc4ccc(N5CCN(C)CC5)c(F)c4)ncc3F)cc21. The highest BCUT2D eigenvalue weighted by molar-refractivity contribution is 5.73. The molecular weight excluding hydrogens is 469 g/mol. The summed E-state index contributed by atoms with van der Waals surface area (Å²) in [4.78, 5) is 14.5. The molecule has 2 aliphatic heterocycles. The summed E-state index contributed by atoms with van der Waals surface area (Å²) in [6.45, 7) is 8.22. The number of hydrogen-bond acceptors (Lipinski definition) is 7. The molecule has 190 valence electrons. The topological polar surface area (TPSA) is 56.8 Å².